The minimum Gasteiger partial charge on any atom is -0.378 e. The SMILES string of the molecule is CN(C)c1cccc(C(=O)NCc2ccc(C(=O)c3cccs3)s2)c1. The molecule has 6 heteroatoms. The summed E-state index contributed by atoms with van der Waals surface area (Å²) in [6.07, 6.45) is 0. The first-order valence-corrected chi connectivity index (χ1v) is 9.47. The molecule has 128 valence electrons. The lowest BCUT2D eigenvalue weighted by Crippen LogP contribution is -2.22. The number of amides is 1. The summed E-state index contributed by atoms with van der Waals surface area (Å²) in [6, 6.07) is 14.9. The highest BCUT2D eigenvalue weighted by atomic mass is 32.1. The third-order valence-corrected chi connectivity index (χ3v) is 5.63. The van der Waals surface area contributed by atoms with Crippen molar-refractivity contribution in [2.45, 2.75) is 6.54 Å². The number of thiophene rings is 2. The van der Waals surface area contributed by atoms with E-state index in [1.54, 1.807) is 6.07 Å². The number of ketones is 1. The molecule has 1 aromatic carbocycles. The largest absolute Gasteiger partial charge is 0.378 e. The van der Waals surface area contributed by atoms with Gasteiger partial charge in [-0.05, 0) is 41.8 Å². The van der Waals surface area contributed by atoms with Crippen LogP contribution in [-0.2, 0) is 6.54 Å². The number of nitrogens with one attached hydrogen (secondary N) is 1. The van der Waals surface area contributed by atoms with Crippen LogP contribution in [0.25, 0.3) is 0 Å². The maximum Gasteiger partial charge on any atom is 0.251 e. The van der Waals surface area contributed by atoms with Crippen molar-refractivity contribution in [2.24, 2.45) is 0 Å². The van der Waals surface area contributed by atoms with Crippen LogP contribution in [0.15, 0.2) is 53.9 Å². The van der Waals surface area contributed by atoms with Crippen LogP contribution >= 0.6 is 22.7 Å². The van der Waals surface area contributed by atoms with E-state index in [-0.39, 0.29) is 11.7 Å². The van der Waals surface area contributed by atoms with Gasteiger partial charge in [-0.1, -0.05) is 12.1 Å². The Labute approximate surface area is 154 Å². The van der Waals surface area contributed by atoms with Crippen molar-refractivity contribution in [3.63, 3.8) is 0 Å². The summed E-state index contributed by atoms with van der Waals surface area (Å²) in [5.74, 6) is -0.0838. The van der Waals surface area contributed by atoms with Gasteiger partial charge in [-0.15, -0.1) is 22.7 Å². The Bertz CT molecular complexity index is 882. The van der Waals surface area contributed by atoms with Gasteiger partial charge in [-0.3, -0.25) is 9.59 Å². The maximum absolute atomic E-state index is 12.3. The van der Waals surface area contributed by atoms with Crippen molar-refractivity contribution >= 4 is 40.1 Å². The van der Waals surface area contributed by atoms with E-state index in [1.807, 2.05) is 66.8 Å². The van der Waals surface area contributed by atoms with Crippen LogP contribution in [0.1, 0.15) is 29.8 Å². The average Bonchev–Trinajstić information content (AvgIpc) is 3.31. The van der Waals surface area contributed by atoms with Crippen LogP contribution in [0.5, 0.6) is 0 Å². The van der Waals surface area contributed by atoms with E-state index in [2.05, 4.69) is 5.32 Å². The molecule has 0 aliphatic rings. The number of carbonyl (C=O) groups excluding carboxylic acids is 2. The predicted molar refractivity (Wildman–Crippen MR) is 104 cm³/mol. The van der Waals surface area contributed by atoms with Gasteiger partial charge in [0.25, 0.3) is 5.91 Å². The van der Waals surface area contributed by atoms with Crippen molar-refractivity contribution in [3.05, 3.63) is 74.1 Å². The Kier molecular flexibility index (Phi) is 5.31. The van der Waals surface area contributed by atoms with Gasteiger partial charge < -0.3 is 10.2 Å². The first-order chi connectivity index (χ1) is 12.0. The highest BCUT2D eigenvalue weighted by Gasteiger charge is 2.13. The van der Waals surface area contributed by atoms with E-state index >= 15 is 0 Å². The molecule has 0 saturated heterocycles. The van der Waals surface area contributed by atoms with Crippen LogP contribution in [0, 0.1) is 0 Å². The van der Waals surface area contributed by atoms with Gasteiger partial charge >= 0.3 is 0 Å². The molecule has 0 aliphatic carbocycles. The number of benzene rings is 1. The van der Waals surface area contributed by atoms with Crippen LogP contribution in [-0.4, -0.2) is 25.8 Å². The first kappa shape index (κ1) is 17.4. The lowest BCUT2D eigenvalue weighted by atomic mass is 10.2. The summed E-state index contributed by atoms with van der Waals surface area (Å²) in [5.41, 5.74) is 1.60. The molecule has 3 aromatic rings. The van der Waals surface area contributed by atoms with Gasteiger partial charge in [0.2, 0.25) is 5.78 Å². The Morgan fingerprint density at radius 1 is 1.04 bits per heavy atom. The average molecular weight is 370 g/mol. The fourth-order valence-corrected chi connectivity index (χ4v) is 3.96. The molecule has 0 spiro atoms. The minimum atomic E-state index is -0.122. The summed E-state index contributed by atoms with van der Waals surface area (Å²) < 4.78 is 0. The third-order valence-electron chi connectivity index (χ3n) is 3.68. The number of anilines is 1. The normalized spacial score (nSPS) is 10.5. The number of carbonyl (C=O) groups is 2. The summed E-state index contributed by atoms with van der Waals surface area (Å²) >= 11 is 2.86. The molecular formula is C19H18N2O2S2. The molecule has 0 unspecified atom stereocenters. The summed E-state index contributed by atoms with van der Waals surface area (Å²) in [4.78, 5) is 29.0. The van der Waals surface area contributed by atoms with Gasteiger partial charge in [-0.2, -0.15) is 0 Å². The van der Waals surface area contributed by atoms with E-state index < -0.39 is 0 Å². The van der Waals surface area contributed by atoms with Crippen molar-refractivity contribution in [3.8, 4) is 0 Å². The van der Waals surface area contributed by atoms with Crippen molar-refractivity contribution in [1.29, 1.82) is 0 Å². The zero-order valence-electron chi connectivity index (χ0n) is 14.0. The van der Waals surface area contributed by atoms with E-state index in [4.69, 9.17) is 0 Å². The van der Waals surface area contributed by atoms with Crippen LogP contribution in [0.4, 0.5) is 5.69 Å². The Balaban J connectivity index is 1.63. The van der Waals surface area contributed by atoms with E-state index in [0.717, 1.165) is 15.4 Å². The van der Waals surface area contributed by atoms with Crippen molar-refractivity contribution in [1.82, 2.24) is 5.32 Å². The molecule has 0 radical (unpaired) electrons. The molecule has 3 rings (SSSR count). The molecule has 0 saturated carbocycles. The molecule has 2 heterocycles. The molecule has 2 aromatic heterocycles. The van der Waals surface area contributed by atoms with E-state index in [0.29, 0.717) is 17.0 Å². The molecule has 0 bridgehead atoms. The van der Waals surface area contributed by atoms with Gasteiger partial charge in [-0.25, -0.2) is 0 Å². The molecule has 0 atom stereocenters. The fraction of sp³-hybridized carbons (Fsp3) is 0.158. The van der Waals surface area contributed by atoms with E-state index in [9.17, 15) is 9.59 Å². The number of hydrogen-bond donors (Lipinski definition) is 1. The summed E-state index contributed by atoms with van der Waals surface area (Å²) in [6.45, 7) is 0.410. The van der Waals surface area contributed by atoms with E-state index in [1.165, 1.54) is 22.7 Å². The first-order valence-electron chi connectivity index (χ1n) is 7.77. The molecule has 25 heavy (non-hydrogen) atoms. The third kappa shape index (κ3) is 4.15. The van der Waals surface area contributed by atoms with Gasteiger partial charge in [0, 0.05) is 30.2 Å². The lowest BCUT2D eigenvalue weighted by Gasteiger charge is -2.13. The molecule has 1 N–H and O–H groups in total. The van der Waals surface area contributed by atoms with Crippen LogP contribution in [0.2, 0.25) is 0 Å². The Morgan fingerprint density at radius 3 is 2.60 bits per heavy atom. The monoisotopic (exact) mass is 370 g/mol. The fourth-order valence-electron chi connectivity index (χ4n) is 2.32. The van der Waals surface area contributed by atoms with Crippen LogP contribution in [0.3, 0.4) is 0 Å². The standard InChI is InChI=1S/C19H18N2O2S2/c1-21(2)14-6-3-5-13(11-14)19(23)20-12-15-8-9-17(25-15)18(22)16-7-4-10-24-16/h3-11H,12H2,1-2H3,(H,20,23). The number of rotatable bonds is 6. The Morgan fingerprint density at radius 2 is 1.88 bits per heavy atom. The van der Waals surface area contributed by atoms with Gasteiger partial charge in [0.15, 0.2) is 0 Å². The maximum atomic E-state index is 12.3. The van der Waals surface area contributed by atoms with Crippen LogP contribution < -0.4 is 10.2 Å². The van der Waals surface area contributed by atoms with Gasteiger partial charge in [0.1, 0.15) is 0 Å². The second-order valence-corrected chi connectivity index (χ2v) is 7.82. The smallest absolute Gasteiger partial charge is 0.251 e. The Hall–Kier alpha value is -2.44. The summed E-state index contributed by atoms with van der Waals surface area (Å²) in [5, 5.41) is 4.81. The molecular weight excluding hydrogens is 352 g/mol. The quantitative estimate of drug-likeness (QED) is 0.666. The second-order valence-electron chi connectivity index (χ2n) is 5.70. The molecule has 0 aliphatic heterocycles. The number of nitrogens with zero attached hydrogens (tertiary/aromatic N) is 1. The molecule has 1 amide bonds. The number of hydrogen-bond acceptors (Lipinski definition) is 5. The van der Waals surface area contributed by atoms with Crippen molar-refractivity contribution in [2.75, 3.05) is 19.0 Å². The zero-order chi connectivity index (χ0) is 17.8. The summed E-state index contributed by atoms with van der Waals surface area (Å²) in [7, 11) is 3.88. The highest BCUT2D eigenvalue weighted by Crippen LogP contribution is 2.22. The second kappa shape index (κ2) is 7.63. The molecule has 4 nitrogen and oxygen atoms in total. The topological polar surface area (TPSA) is 49.4 Å². The van der Waals surface area contributed by atoms with Crippen molar-refractivity contribution < 1.29 is 9.59 Å². The molecule has 0 fully saturated rings. The van der Waals surface area contributed by atoms with Gasteiger partial charge in [0.05, 0.1) is 16.3 Å². The highest BCUT2D eigenvalue weighted by molar-refractivity contribution is 7.16. The lowest BCUT2D eigenvalue weighted by molar-refractivity contribution is 0.0950. The zero-order valence-corrected chi connectivity index (χ0v) is 15.6. The predicted octanol–water partition coefficient (Wildman–Crippen LogP) is 4.04. The minimum absolute atomic E-state index is 0.0382.